The number of carbonyl (C=O) groups is 1. The predicted molar refractivity (Wildman–Crippen MR) is 147 cm³/mol. The first-order chi connectivity index (χ1) is 17.1. The van der Waals surface area contributed by atoms with Gasteiger partial charge in [-0.15, -0.1) is 0 Å². The van der Waals surface area contributed by atoms with Crippen molar-refractivity contribution in [1.29, 1.82) is 0 Å². The molecule has 0 saturated heterocycles. The third-order valence-electron chi connectivity index (χ3n) is 5.88. The molecule has 9 heteroatoms. The maximum Gasteiger partial charge on any atom is 0.264 e. The Bertz CT molecular complexity index is 1300. The third-order valence-corrected chi connectivity index (χ3v) is 7.90. The van der Waals surface area contributed by atoms with Gasteiger partial charge in [-0.25, -0.2) is 13.9 Å². The fraction of sp³-hybridized carbons (Fsp3) is 0.407. The molecule has 0 bridgehead atoms. The fourth-order valence-corrected chi connectivity index (χ4v) is 4.43. The predicted octanol–water partition coefficient (Wildman–Crippen LogP) is 4.14. The minimum absolute atomic E-state index is 0.000437. The zero-order valence-corrected chi connectivity index (χ0v) is 23.1. The van der Waals surface area contributed by atoms with Gasteiger partial charge in [0.25, 0.3) is 11.5 Å². The van der Waals surface area contributed by atoms with Crippen LogP contribution in [0, 0.1) is 0 Å². The molecule has 1 amide bonds. The van der Waals surface area contributed by atoms with Crippen molar-refractivity contribution in [3.63, 3.8) is 0 Å². The second kappa shape index (κ2) is 13.9. The highest BCUT2D eigenvalue weighted by Gasteiger charge is 2.43. The lowest BCUT2D eigenvalue weighted by Gasteiger charge is -2.25. The molecule has 3 aromatic rings. The Labute approximate surface area is 214 Å². The largest absolute Gasteiger partial charge is 0.316 e. The number of nitrogens with zero attached hydrogens (tertiary/aromatic N) is 1. The van der Waals surface area contributed by atoms with E-state index < -0.39 is 20.5 Å². The maximum absolute atomic E-state index is 13.0. The lowest BCUT2D eigenvalue weighted by molar-refractivity contribution is -0.131. The molecular weight excluding hydrogens is 478 g/mol. The van der Waals surface area contributed by atoms with E-state index in [-0.39, 0.29) is 18.5 Å². The van der Waals surface area contributed by atoms with Gasteiger partial charge in [0.05, 0.1) is 0 Å². The number of aryl methyl sites for hydroxylation is 1. The van der Waals surface area contributed by atoms with Crippen LogP contribution in [0.1, 0.15) is 46.6 Å². The molecule has 1 heterocycles. The highest BCUT2D eigenvalue weighted by Crippen LogP contribution is 2.25. The summed E-state index contributed by atoms with van der Waals surface area (Å²) < 4.78 is 23.8. The molecule has 0 fully saturated rings. The Balaban J connectivity index is 0.00000154. The van der Waals surface area contributed by atoms with E-state index in [4.69, 9.17) is 5.21 Å². The van der Waals surface area contributed by atoms with E-state index in [0.29, 0.717) is 5.39 Å². The SMILES string of the molecule is CC.CC.CNCc1ccc(-c2ccc3c(=O)n(CC[C@](C)(C(=O)NO)S(C)(=O)=O)ccc3c2)cc1. The molecule has 0 aliphatic carbocycles. The number of hydroxylamine groups is 1. The topological polar surface area (TPSA) is 118 Å². The first-order valence-corrected chi connectivity index (χ1v) is 14.0. The number of fused-ring (bicyclic) bond motifs is 1. The zero-order chi connectivity index (χ0) is 27.5. The van der Waals surface area contributed by atoms with Gasteiger partial charge in [0.2, 0.25) is 0 Å². The summed E-state index contributed by atoms with van der Waals surface area (Å²) in [5.41, 5.74) is 4.33. The van der Waals surface area contributed by atoms with Gasteiger partial charge in [-0.05, 0) is 60.7 Å². The minimum Gasteiger partial charge on any atom is -0.316 e. The number of aromatic nitrogens is 1. The van der Waals surface area contributed by atoms with E-state index in [2.05, 4.69) is 17.4 Å². The summed E-state index contributed by atoms with van der Waals surface area (Å²) in [6, 6.07) is 15.5. The standard InChI is InChI=1S/C23H27N3O5S.2C2H6/c1-23(22(28)25-29,32(3,30)31)11-13-26-12-10-19-14-18(8-9-20(19)21(26)27)17-6-4-16(5-7-17)15-24-2;2*1-2/h4-10,12,14,24,29H,11,13,15H2,1-3H3,(H,25,28);2*1-2H3/t23-;;/m1../s1. The molecule has 198 valence electrons. The van der Waals surface area contributed by atoms with Crippen molar-refractivity contribution < 1.29 is 18.4 Å². The number of rotatable bonds is 8. The van der Waals surface area contributed by atoms with Gasteiger partial charge in [0, 0.05) is 30.9 Å². The van der Waals surface area contributed by atoms with Crippen LogP contribution in [0.5, 0.6) is 0 Å². The summed E-state index contributed by atoms with van der Waals surface area (Å²) in [5.74, 6) is -1.03. The molecule has 1 aromatic heterocycles. The van der Waals surface area contributed by atoms with Crippen molar-refractivity contribution >= 4 is 26.5 Å². The van der Waals surface area contributed by atoms with Crippen molar-refractivity contribution in [3.05, 3.63) is 70.6 Å². The Morgan fingerprint density at radius 2 is 1.58 bits per heavy atom. The van der Waals surface area contributed by atoms with Gasteiger partial charge < -0.3 is 9.88 Å². The molecule has 0 aliphatic heterocycles. The summed E-state index contributed by atoms with van der Waals surface area (Å²) in [6.07, 6.45) is 2.35. The molecule has 2 aromatic carbocycles. The number of sulfone groups is 1. The van der Waals surface area contributed by atoms with Gasteiger partial charge in [0.15, 0.2) is 14.6 Å². The number of carbonyl (C=O) groups excluding carboxylic acids is 1. The van der Waals surface area contributed by atoms with Crippen LogP contribution in [0.25, 0.3) is 21.9 Å². The number of nitrogens with one attached hydrogen (secondary N) is 2. The number of benzene rings is 2. The van der Waals surface area contributed by atoms with E-state index in [1.807, 2.05) is 59.0 Å². The van der Waals surface area contributed by atoms with Crippen LogP contribution in [-0.4, -0.2) is 42.1 Å². The molecule has 8 nitrogen and oxygen atoms in total. The minimum atomic E-state index is -3.84. The van der Waals surface area contributed by atoms with Gasteiger partial charge in [-0.2, -0.15) is 0 Å². The van der Waals surface area contributed by atoms with Crippen LogP contribution in [0.2, 0.25) is 0 Å². The van der Waals surface area contributed by atoms with Crippen LogP contribution >= 0.6 is 0 Å². The van der Waals surface area contributed by atoms with Crippen LogP contribution in [0.15, 0.2) is 59.5 Å². The monoisotopic (exact) mass is 517 g/mol. The quantitative estimate of drug-likeness (QED) is 0.305. The Morgan fingerprint density at radius 3 is 2.11 bits per heavy atom. The summed E-state index contributed by atoms with van der Waals surface area (Å²) >= 11 is 0. The van der Waals surface area contributed by atoms with Crippen molar-refractivity contribution in [1.82, 2.24) is 15.4 Å². The van der Waals surface area contributed by atoms with Crippen LogP contribution < -0.4 is 16.4 Å². The molecule has 0 radical (unpaired) electrons. The molecule has 36 heavy (non-hydrogen) atoms. The van der Waals surface area contributed by atoms with Gasteiger partial charge in [0.1, 0.15) is 0 Å². The first-order valence-electron chi connectivity index (χ1n) is 12.1. The third kappa shape index (κ3) is 7.02. The average molecular weight is 518 g/mol. The van der Waals surface area contributed by atoms with Crippen molar-refractivity contribution in [2.75, 3.05) is 13.3 Å². The van der Waals surface area contributed by atoms with Crippen LogP contribution in [0.3, 0.4) is 0 Å². The van der Waals surface area contributed by atoms with Gasteiger partial charge in [-0.3, -0.25) is 14.8 Å². The molecule has 1 atom stereocenters. The molecule has 3 rings (SSSR count). The second-order valence-electron chi connectivity index (χ2n) is 8.04. The summed E-state index contributed by atoms with van der Waals surface area (Å²) in [4.78, 5) is 25.0. The lowest BCUT2D eigenvalue weighted by atomic mass is 10.0. The number of amides is 1. The smallest absolute Gasteiger partial charge is 0.264 e. The molecule has 0 spiro atoms. The summed E-state index contributed by atoms with van der Waals surface area (Å²) in [5, 5.41) is 13.3. The second-order valence-corrected chi connectivity index (χ2v) is 10.5. The van der Waals surface area contributed by atoms with Gasteiger partial charge >= 0.3 is 0 Å². The Kier molecular flexibility index (Phi) is 12.0. The number of hydrogen-bond acceptors (Lipinski definition) is 6. The van der Waals surface area contributed by atoms with E-state index in [9.17, 15) is 18.0 Å². The molecule has 3 N–H and O–H groups in total. The normalized spacial score (nSPS) is 12.4. The Hall–Kier alpha value is -3.01. The Morgan fingerprint density at radius 1 is 1.00 bits per heavy atom. The van der Waals surface area contributed by atoms with E-state index in [0.717, 1.165) is 29.3 Å². The summed E-state index contributed by atoms with van der Waals surface area (Å²) in [7, 11) is -1.94. The van der Waals surface area contributed by atoms with Crippen LogP contribution in [-0.2, 0) is 27.7 Å². The maximum atomic E-state index is 13.0. The fourth-order valence-electron chi connectivity index (χ4n) is 3.58. The van der Waals surface area contributed by atoms with Crippen molar-refractivity contribution in [2.45, 2.75) is 58.9 Å². The van der Waals surface area contributed by atoms with E-state index in [1.54, 1.807) is 18.3 Å². The number of pyridine rings is 1. The highest BCUT2D eigenvalue weighted by molar-refractivity contribution is 7.92. The molecule has 0 aliphatic rings. The van der Waals surface area contributed by atoms with Crippen molar-refractivity contribution in [3.8, 4) is 11.1 Å². The summed E-state index contributed by atoms with van der Waals surface area (Å²) in [6.45, 7) is 10.0. The molecular formula is C27H39N3O5S. The van der Waals surface area contributed by atoms with Crippen molar-refractivity contribution in [2.24, 2.45) is 0 Å². The van der Waals surface area contributed by atoms with E-state index >= 15 is 0 Å². The van der Waals surface area contributed by atoms with Crippen LogP contribution in [0.4, 0.5) is 0 Å². The highest BCUT2D eigenvalue weighted by atomic mass is 32.2. The number of hydrogen-bond donors (Lipinski definition) is 3. The van der Waals surface area contributed by atoms with E-state index in [1.165, 1.54) is 22.5 Å². The van der Waals surface area contributed by atoms with Gasteiger partial charge in [-0.1, -0.05) is 58.0 Å². The lowest BCUT2D eigenvalue weighted by Crippen LogP contribution is -2.49. The molecule has 0 saturated carbocycles. The molecule has 0 unspecified atom stereocenters. The zero-order valence-electron chi connectivity index (χ0n) is 22.3. The average Bonchev–Trinajstić information content (AvgIpc) is 2.89. The first kappa shape index (κ1) is 31.0.